The van der Waals surface area contributed by atoms with Crippen molar-refractivity contribution < 1.29 is 9.53 Å². The van der Waals surface area contributed by atoms with Gasteiger partial charge in [-0.15, -0.1) is 0 Å². The lowest BCUT2D eigenvalue weighted by Crippen LogP contribution is -2.13. The summed E-state index contributed by atoms with van der Waals surface area (Å²) >= 11 is 6.05. The van der Waals surface area contributed by atoms with Crippen LogP contribution in [0.2, 0.25) is 5.02 Å². The van der Waals surface area contributed by atoms with Crippen molar-refractivity contribution in [3.05, 3.63) is 58.1 Å². The first kappa shape index (κ1) is 16.4. The maximum absolute atomic E-state index is 12.1. The van der Waals surface area contributed by atoms with Crippen LogP contribution in [0.3, 0.4) is 0 Å². The second kappa shape index (κ2) is 7.32. The number of amides is 1. The minimum absolute atomic E-state index is 0.0150. The summed E-state index contributed by atoms with van der Waals surface area (Å²) in [7, 11) is 1.66. The second-order valence-electron chi connectivity index (χ2n) is 5.26. The number of hydrogen-bond donors (Lipinski definition) is 1. The van der Waals surface area contributed by atoms with Crippen LogP contribution in [0.5, 0.6) is 5.75 Å². The average Bonchev–Trinajstić information content (AvgIpc) is 2.50. The van der Waals surface area contributed by atoms with Crippen LogP contribution in [0.15, 0.2) is 36.4 Å². The summed E-state index contributed by atoms with van der Waals surface area (Å²) in [5.74, 6) is 0.849. The lowest BCUT2D eigenvalue weighted by molar-refractivity contribution is -0.116. The topological polar surface area (TPSA) is 38.3 Å². The minimum Gasteiger partial charge on any atom is -0.496 e. The number of aryl methyl sites for hydroxylation is 2. The highest BCUT2D eigenvalue weighted by atomic mass is 35.5. The van der Waals surface area contributed by atoms with Gasteiger partial charge >= 0.3 is 0 Å². The van der Waals surface area contributed by atoms with Crippen LogP contribution < -0.4 is 10.1 Å². The van der Waals surface area contributed by atoms with Crippen LogP contribution in [-0.2, 0) is 11.2 Å². The number of methoxy groups -OCH3 is 1. The molecule has 1 N–H and O–H groups in total. The van der Waals surface area contributed by atoms with Gasteiger partial charge in [-0.25, -0.2) is 0 Å². The molecule has 0 spiro atoms. The second-order valence-corrected chi connectivity index (χ2v) is 5.67. The van der Waals surface area contributed by atoms with Crippen LogP contribution in [0.25, 0.3) is 0 Å². The Morgan fingerprint density at radius 1 is 1.23 bits per heavy atom. The van der Waals surface area contributed by atoms with Gasteiger partial charge in [-0.3, -0.25) is 4.79 Å². The quantitative estimate of drug-likeness (QED) is 0.879. The van der Waals surface area contributed by atoms with Crippen molar-refractivity contribution in [1.82, 2.24) is 0 Å². The Morgan fingerprint density at radius 3 is 2.68 bits per heavy atom. The Hall–Kier alpha value is -2.00. The predicted molar refractivity (Wildman–Crippen MR) is 90.9 cm³/mol. The molecular weight excluding hydrogens is 298 g/mol. The fourth-order valence-electron chi connectivity index (χ4n) is 2.31. The molecule has 116 valence electrons. The van der Waals surface area contributed by atoms with E-state index in [4.69, 9.17) is 16.3 Å². The van der Waals surface area contributed by atoms with E-state index < -0.39 is 0 Å². The first-order valence-electron chi connectivity index (χ1n) is 7.19. The van der Waals surface area contributed by atoms with Crippen molar-refractivity contribution in [2.45, 2.75) is 26.7 Å². The molecule has 22 heavy (non-hydrogen) atoms. The third-order valence-corrected chi connectivity index (χ3v) is 4.05. The third kappa shape index (κ3) is 4.01. The number of carbonyl (C=O) groups excluding carboxylic acids is 1. The molecule has 0 radical (unpaired) electrons. The van der Waals surface area contributed by atoms with E-state index in [1.54, 1.807) is 7.11 Å². The molecule has 2 aromatic carbocycles. The Balaban J connectivity index is 1.95. The van der Waals surface area contributed by atoms with Crippen molar-refractivity contribution >= 4 is 23.2 Å². The molecule has 0 aliphatic rings. The molecule has 0 aromatic heterocycles. The van der Waals surface area contributed by atoms with Crippen LogP contribution in [-0.4, -0.2) is 13.0 Å². The maximum Gasteiger partial charge on any atom is 0.224 e. The van der Waals surface area contributed by atoms with Crippen molar-refractivity contribution in [2.75, 3.05) is 12.4 Å². The highest BCUT2D eigenvalue weighted by Crippen LogP contribution is 2.23. The molecule has 0 atom stereocenters. The first-order chi connectivity index (χ1) is 10.5. The molecule has 0 fully saturated rings. The average molecular weight is 318 g/mol. The summed E-state index contributed by atoms with van der Waals surface area (Å²) in [4.78, 5) is 12.1. The number of ether oxygens (including phenoxy) is 1. The van der Waals surface area contributed by atoms with E-state index in [0.717, 1.165) is 28.1 Å². The largest absolute Gasteiger partial charge is 0.496 e. The van der Waals surface area contributed by atoms with Crippen molar-refractivity contribution in [2.24, 2.45) is 0 Å². The zero-order chi connectivity index (χ0) is 16.1. The van der Waals surface area contributed by atoms with Gasteiger partial charge in [-0.05, 0) is 55.2 Å². The van der Waals surface area contributed by atoms with E-state index in [2.05, 4.69) is 11.4 Å². The van der Waals surface area contributed by atoms with Crippen LogP contribution in [0, 0.1) is 13.8 Å². The van der Waals surface area contributed by atoms with E-state index in [-0.39, 0.29) is 5.91 Å². The third-order valence-electron chi connectivity index (χ3n) is 3.64. The van der Waals surface area contributed by atoms with Gasteiger partial charge in [0.1, 0.15) is 5.75 Å². The molecule has 0 saturated carbocycles. The normalized spacial score (nSPS) is 10.4. The molecule has 1 amide bonds. The number of benzene rings is 2. The first-order valence-corrected chi connectivity index (χ1v) is 7.57. The summed E-state index contributed by atoms with van der Waals surface area (Å²) in [6.45, 7) is 3.89. The number of carbonyl (C=O) groups is 1. The monoisotopic (exact) mass is 317 g/mol. The number of nitrogens with one attached hydrogen (secondary N) is 1. The molecule has 0 unspecified atom stereocenters. The van der Waals surface area contributed by atoms with Gasteiger partial charge in [0.05, 0.1) is 7.11 Å². The molecule has 0 bridgehead atoms. The van der Waals surface area contributed by atoms with Crippen molar-refractivity contribution in [3.63, 3.8) is 0 Å². The summed E-state index contributed by atoms with van der Waals surface area (Å²) in [6, 6.07) is 11.5. The lowest BCUT2D eigenvalue weighted by Gasteiger charge is -2.10. The number of hydrogen-bond acceptors (Lipinski definition) is 2. The van der Waals surface area contributed by atoms with Crippen molar-refractivity contribution in [3.8, 4) is 5.75 Å². The lowest BCUT2D eigenvalue weighted by atomic mass is 10.1. The Bertz CT molecular complexity index is 683. The molecule has 4 heteroatoms. The number of rotatable bonds is 5. The molecule has 0 aliphatic carbocycles. The van der Waals surface area contributed by atoms with Gasteiger partial charge in [0.25, 0.3) is 0 Å². The van der Waals surface area contributed by atoms with Gasteiger partial charge in [-0.2, -0.15) is 0 Å². The Morgan fingerprint density at radius 2 is 2.00 bits per heavy atom. The number of anilines is 1. The van der Waals surface area contributed by atoms with E-state index in [1.807, 2.05) is 44.2 Å². The molecule has 2 aromatic rings. The zero-order valence-electron chi connectivity index (χ0n) is 13.1. The molecule has 0 aliphatic heterocycles. The van der Waals surface area contributed by atoms with Gasteiger partial charge < -0.3 is 10.1 Å². The van der Waals surface area contributed by atoms with Gasteiger partial charge in [0, 0.05) is 17.1 Å². The smallest absolute Gasteiger partial charge is 0.224 e. The Labute approximate surface area is 136 Å². The molecule has 3 nitrogen and oxygen atoms in total. The summed E-state index contributed by atoms with van der Waals surface area (Å²) in [6.07, 6.45) is 1.12. The molecular formula is C18H20ClNO2. The summed E-state index contributed by atoms with van der Waals surface area (Å²) in [5.41, 5.74) is 3.85. The van der Waals surface area contributed by atoms with E-state index in [0.29, 0.717) is 17.9 Å². The van der Waals surface area contributed by atoms with Crippen LogP contribution in [0.1, 0.15) is 23.1 Å². The highest BCUT2D eigenvalue weighted by Gasteiger charge is 2.08. The minimum atomic E-state index is -0.0150. The molecule has 2 rings (SSSR count). The summed E-state index contributed by atoms with van der Waals surface area (Å²) < 4.78 is 5.24. The fourth-order valence-corrected chi connectivity index (χ4v) is 2.48. The Kier molecular flexibility index (Phi) is 5.45. The van der Waals surface area contributed by atoms with Crippen LogP contribution >= 0.6 is 11.6 Å². The maximum atomic E-state index is 12.1. The van der Waals surface area contributed by atoms with Gasteiger partial charge in [0.2, 0.25) is 5.91 Å². The highest BCUT2D eigenvalue weighted by molar-refractivity contribution is 6.31. The fraction of sp³-hybridized carbons (Fsp3) is 0.278. The molecule has 0 saturated heterocycles. The van der Waals surface area contributed by atoms with Gasteiger partial charge in [0.15, 0.2) is 0 Å². The van der Waals surface area contributed by atoms with E-state index in [9.17, 15) is 4.79 Å². The molecule has 0 heterocycles. The standard InChI is InChI=1S/C18H20ClNO2/c1-12-11-14(7-9-17(12)22-3)8-10-18(21)20-16-6-4-5-15(19)13(16)2/h4-7,9,11H,8,10H2,1-3H3,(H,20,21). The summed E-state index contributed by atoms with van der Waals surface area (Å²) in [5, 5.41) is 3.57. The van der Waals surface area contributed by atoms with E-state index >= 15 is 0 Å². The SMILES string of the molecule is COc1ccc(CCC(=O)Nc2cccc(Cl)c2C)cc1C. The number of halogens is 1. The van der Waals surface area contributed by atoms with Crippen molar-refractivity contribution in [1.29, 1.82) is 0 Å². The van der Waals surface area contributed by atoms with Gasteiger partial charge in [-0.1, -0.05) is 29.8 Å². The van der Waals surface area contributed by atoms with Crippen LogP contribution in [0.4, 0.5) is 5.69 Å². The zero-order valence-corrected chi connectivity index (χ0v) is 13.8. The van der Waals surface area contributed by atoms with E-state index in [1.165, 1.54) is 0 Å². The predicted octanol–water partition coefficient (Wildman–Crippen LogP) is 4.54.